The molecule has 7 nitrogen and oxygen atoms in total. The van der Waals surface area contributed by atoms with E-state index in [2.05, 4.69) is 15.5 Å². The van der Waals surface area contributed by atoms with Crippen LogP contribution in [-0.2, 0) is 21.2 Å². The molecule has 0 saturated carbocycles. The van der Waals surface area contributed by atoms with Gasteiger partial charge in [0.2, 0.25) is 0 Å². The predicted octanol–water partition coefficient (Wildman–Crippen LogP) is 4.30. The Morgan fingerprint density at radius 3 is 2.36 bits per heavy atom. The summed E-state index contributed by atoms with van der Waals surface area (Å²) in [4.78, 5) is 17.6. The molecule has 0 aliphatic carbocycles. The Balaban J connectivity index is 1.62. The van der Waals surface area contributed by atoms with Crippen molar-refractivity contribution in [2.24, 2.45) is 5.10 Å². The van der Waals surface area contributed by atoms with E-state index in [0.717, 1.165) is 22.9 Å². The van der Waals surface area contributed by atoms with Gasteiger partial charge < -0.3 is 4.57 Å². The lowest BCUT2D eigenvalue weighted by Crippen LogP contribution is -2.24. The molecule has 0 radical (unpaired) electrons. The number of nitrogens with one attached hydrogen (secondary N) is 1. The molecule has 1 aromatic heterocycles. The number of hydrazone groups is 1. The normalized spacial score (nSPS) is 12.2. The fourth-order valence-corrected chi connectivity index (χ4v) is 4.14. The summed E-state index contributed by atoms with van der Waals surface area (Å²) in [5, 5.41) is 4.82. The minimum Gasteiger partial charge on any atom is -0.314 e. The van der Waals surface area contributed by atoms with Crippen LogP contribution in [0.5, 0.6) is 0 Å². The second-order valence-electron chi connectivity index (χ2n) is 7.55. The van der Waals surface area contributed by atoms with Crippen molar-refractivity contribution in [2.45, 2.75) is 18.4 Å². The number of amides is 1. The van der Waals surface area contributed by atoms with Crippen LogP contribution >= 0.6 is 11.6 Å². The molecule has 3 aromatic carbocycles. The number of hydrogen-bond donors (Lipinski definition) is 1. The van der Waals surface area contributed by atoms with Crippen molar-refractivity contribution in [3.63, 3.8) is 0 Å². The van der Waals surface area contributed by atoms with Crippen LogP contribution in [-0.4, -0.2) is 35.8 Å². The summed E-state index contributed by atoms with van der Waals surface area (Å²) in [5.74, 6) is 0.241. The van der Waals surface area contributed by atoms with Gasteiger partial charge in [-0.25, -0.2) is 18.8 Å². The van der Waals surface area contributed by atoms with E-state index >= 15 is 0 Å². The Bertz CT molecular complexity index is 1460. The molecule has 0 spiro atoms. The number of aromatic nitrogens is 2. The number of para-hydroxylation sites is 2. The van der Waals surface area contributed by atoms with Crippen molar-refractivity contribution in [2.75, 3.05) is 6.26 Å². The topological polar surface area (TPSA) is 93.4 Å². The summed E-state index contributed by atoms with van der Waals surface area (Å²) in [5.41, 5.74) is 6.30. The molecule has 0 unspecified atom stereocenters. The Labute approximate surface area is 196 Å². The number of fused-ring (bicyclic) bond motifs is 1. The molecule has 168 valence electrons. The van der Waals surface area contributed by atoms with E-state index in [9.17, 15) is 13.2 Å². The van der Waals surface area contributed by atoms with Gasteiger partial charge in [-0.05, 0) is 61.0 Å². The lowest BCUT2D eigenvalue weighted by molar-refractivity contribution is -0.121. The fourth-order valence-electron chi connectivity index (χ4n) is 3.39. The van der Waals surface area contributed by atoms with Crippen LogP contribution in [0.3, 0.4) is 0 Å². The standard InChI is InChI=1S/C24H21ClN4O3S/c1-16(17-7-11-19(25)12-8-17)27-28-23(30)15-29-22-6-4-3-5-21(22)26-24(29)18-9-13-20(14-10-18)33(2,31)32/h3-14H,15H2,1-2H3,(H,28,30)/b27-16+. The first-order chi connectivity index (χ1) is 15.7. The van der Waals surface area contributed by atoms with Gasteiger partial charge in [-0.15, -0.1) is 0 Å². The van der Waals surface area contributed by atoms with Gasteiger partial charge >= 0.3 is 0 Å². The van der Waals surface area contributed by atoms with Gasteiger partial charge in [-0.1, -0.05) is 35.9 Å². The van der Waals surface area contributed by atoms with Gasteiger partial charge in [0.05, 0.1) is 21.6 Å². The molecule has 0 aliphatic heterocycles. The van der Waals surface area contributed by atoms with Gasteiger partial charge in [0.1, 0.15) is 12.4 Å². The van der Waals surface area contributed by atoms with Crippen molar-refractivity contribution in [1.82, 2.24) is 15.0 Å². The number of rotatable bonds is 6. The zero-order chi connectivity index (χ0) is 23.6. The second kappa shape index (κ2) is 9.17. The summed E-state index contributed by atoms with van der Waals surface area (Å²) in [6.45, 7) is 1.78. The molecule has 4 rings (SSSR count). The predicted molar refractivity (Wildman–Crippen MR) is 130 cm³/mol. The summed E-state index contributed by atoms with van der Waals surface area (Å²) in [6, 6.07) is 21.1. The molecule has 1 N–H and O–H groups in total. The summed E-state index contributed by atoms with van der Waals surface area (Å²) in [6.07, 6.45) is 1.16. The lowest BCUT2D eigenvalue weighted by Gasteiger charge is -2.09. The summed E-state index contributed by atoms with van der Waals surface area (Å²) >= 11 is 5.92. The monoisotopic (exact) mass is 480 g/mol. The van der Waals surface area contributed by atoms with E-state index in [-0.39, 0.29) is 17.3 Å². The number of hydrogen-bond acceptors (Lipinski definition) is 5. The number of nitrogens with zero attached hydrogens (tertiary/aromatic N) is 3. The van der Waals surface area contributed by atoms with Gasteiger partial charge in [-0.3, -0.25) is 4.79 Å². The van der Waals surface area contributed by atoms with Crippen LogP contribution in [0.2, 0.25) is 5.02 Å². The second-order valence-corrected chi connectivity index (χ2v) is 10.00. The largest absolute Gasteiger partial charge is 0.314 e. The Morgan fingerprint density at radius 2 is 1.70 bits per heavy atom. The average Bonchev–Trinajstić information content (AvgIpc) is 3.16. The Hall–Kier alpha value is -3.49. The number of imidazole rings is 1. The number of halogens is 1. The SMILES string of the molecule is C/C(=N\NC(=O)Cn1c(-c2ccc(S(C)(=O)=O)cc2)nc2ccccc21)c1ccc(Cl)cc1. The number of sulfone groups is 1. The molecular formula is C24H21ClN4O3S. The van der Waals surface area contributed by atoms with E-state index in [1.807, 2.05) is 36.4 Å². The van der Waals surface area contributed by atoms with Crippen molar-refractivity contribution in [3.05, 3.63) is 83.4 Å². The first-order valence-electron chi connectivity index (χ1n) is 10.1. The molecule has 0 atom stereocenters. The lowest BCUT2D eigenvalue weighted by atomic mass is 10.1. The minimum absolute atomic E-state index is 0.0128. The Kier molecular flexibility index (Phi) is 6.31. The quantitative estimate of drug-likeness (QED) is 0.329. The number of benzene rings is 3. The average molecular weight is 481 g/mol. The number of carbonyl (C=O) groups excluding carboxylic acids is 1. The molecule has 0 aliphatic rings. The van der Waals surface area contributed by atoms with Crippen LogP contribution in [0.25, 0.3) is 22.4 Å². The van der Waals surface area contributed by atoms with E-state index in [1.54, 1.807) is 35.8 Å². The third-order valence-electron chi connectivity index (χ3n) is 5.11. The van der Waals surface area contributed by atoms with Gasteiger partial charge in [0.25, 0.3) is 5.91 Å². The van der Waals surface area contributed by atoms with Crippen molar-refractivity contribution < 1.29 is 13.2 Å². The van der Waals surface area contributed by atoms with E-state index in [4.69, 9.17) is 11.6 Å². The van der Waals surface area contributed by atoms with Crippen LogP contribution in [0, 0.1) is 0 Å². The fraction of sp³-hybridized carbons (Fsp3) is 0.125. The van der Waals surface area contributed by atoms with E-state index in [1.165, 1.54) is 12.1 Å². The number of carbonyl (C=O) groups is 1. The molecule has 0 fully saturated rings. The van der Waals surface area contributed by atoms with Gasteiger partial charge in [-0.2, -0.15) is 5.10 Å². The zero-order valence-electron chi connectivity index (χ0n) is 18.0. The molecule has 4 aromatic rings. The molecular weight excluding hydrogens is 460 g/mol. The highest BCUT2D eigenvalue weighted by Gasteiger charge is 2.16. The van der Waals surface area contributed by atoms with E-state index < -0.39 is 9.84 Å². The summed E-state index contributed by atoms with van der Waals surface area (Å²) < 4.78 is 25.4. The maximum absolute atomic E-state index is 12.7. The van der Waals surface area contributed by atoms with Gasteiger partial charge in [0, 0.05) is 16.8 Å². The molecule has 0 saturated heterocycles. The first-order valence-corrected chi connectivity index (χ1v) is 12.3. The highest BCUT2D eigenvalue weighted by atomic mass is 35.5. The minimum atomic E-state index is -3.31. The van der Waals surface area contributed by atoms with Crippen LogP contribution in [0.15, 0.2) is 82.8 Å². The maximum atomic E-state index is 12.7. The molecule has 0 bridgehead atoms. The third kappa shape index (κ3) is 5.13. The van der Waals surface area contributed by atoms with Crippen molar-refractivity contribution in [1.29, 1.82) is 0 Å². The molecule has 1 amide bonds. The Morgan fingerprint density at radius 1 is 1.03 bits per heavy atom. The molecule has 9 heteroatoms. The molecule has 33 heavy (non-hydrogen) atoms. The van der Waals surface area contributed by atoms with Crippen LogP contribution in [0.1, 0.15) is 12.5 Å². The highest BCUT2D eigenvalue weighted by molar-refractivity contribution is 7.90. The maximum Gasteiger partial charge on any atom is 0.260 e. The third-order valence-corrected chi connectivity index (χ3v) is 6.49. The summed E-state index contributed by atoms with van der Waals surface area (Å²) in [7, 11) is -3.31. The van der Waals surface area contributed by atoms with Crippen LogP contribution < -0.4 is 5.43 Å². The first kappa shape index (κ1) is 22.7. The highest BCUT2D eigenvalue weighted by Crippen LogP contribution is 2.26. The van der Waals surface area contributed by atoms with E-state index in [0.29, 0.717) is 22.1 Å². The smallest absolute Gasteiger partial charge is 0.260 e. The zero-order valence-corrected chi connectivity index (χ0v) is 19.6. The van der Waals surface area contributed by atoms with Crippen LogP contribution in [0.4, 0.5) is 0 Å². The van der Waals surface area contributed by atoms with Gasteiger partial charge in [0.15, 0.2) is 9.84 Å². The molecule has 1 heterocycles. The van der Waals surface area contributed by atoms with Crippen molar-refractivity contribution >= 4 is 44.1 Å². The van der Waals surface area contributed by atoms with Crippen molar-refractivity contribution in [3.8, 4) is 11.4 Å².